The molecule has 4 nitrogen and oxygen atoms in total. The topological polar surface area (TPSA) is 60.8 Å². The molecule has 0 saturated carbocycles. The van der Waals surface area contributed by atoms with Gasteiger partial charge in [-0.15, -0.1) is 0 Å². The average Bonchev–Trinajstić information content (AvgIpc) is 2.21. The first-order valence-corrected chi connectivity index (χ1v) is 6.44. The van der Waals surface area contributed by atoms with Crippen LogP contribution in [0, 0.1) is 20.8 Å². The molecule has 0 radical (unpaired) electrons. The molecule has 0 saturated heterocycles. The molecule has 0 bridgehead atoms. The first-order chi connectivity index (χ1) is 8.79. The Labute approximate surface area is 114 Å². The van der Waals surface area contributed by atoms with Gasteiger partial charge in [-0.05, 0) is 44.5 Å². The third kappa shape index (κ3) is 5.01. The van der Waals surface area contributed by atoms with E-state index in [-0.39, 0.29) is 6.42 Å². The van der Waals surface area contributed by atoms with Gasteiger partial charge in [0.2, 0.25) is 0 Å². The minimum atomic E-state index is -0.969. The van der Waals surface area contributed by atoms with Crippen LogP contribution in [-0.2, 0) is 11.3 Å². The lowest BCUT2D eigenvalue weighted by Crippen LogP contribution is -2.30. The zero-order valence-electron chi connectivity index (χ0n) is 12.1. The molecule has 0 heterocycles. The summed E-state index contributed by atoms with van der Waals surface area (Å²) in [6, 6.07) is 4.29. The summed E-state index contributed by atoms with van der Waals surface area (Å²) in [5.41, 5.74) is 4.96. The van der Waals surface area contributed by atoms with Crippen LogP contribution in [0.2, 0.25) is 0 Å². The molecular formula is C15H23NO3. The molecule has 0 aliphatic carbocycles. The molecule has 1 aromatic carbocycles. The predicted octanol–water partition coefficient (Wildman–Crippen LogP) is 1.88. The van der Waals surface area contributed by atoms with Crippen LogP contribution in [0.15, 0.2) is 12.1 Å². The SMILES string of the molecule is Cc1cc(C)c(CN(C)CC(O)CC(=O)O)c(C)c1. The van der Waals surface area contributed by atoms with Crippen LogP contribution < -0.4 is 0 Å². The minimum absolute atomic E-state index is 0.212. The zero-order valence-corrected chi connectivity index (χ0v) is 12.1. The Morgan fingerprint density at radius 3 is 2.26 bits per heavy atom. The van der Waals surface area contributed by atoms with Crippen LogP contribution in [-0.4, -0.2) is 40.8 Å². The smallest absolute Gasteiger partial charge is 0.306 e. The fraction of sp³-hybridized carbons (Fsp3) is 0.533. The maximum absolute atomic E-state index is 10.5. The lowest BCUT2D eigenvalue weighted by Gasteiger charge is -2.22. The third-order valence-electron chi connectivity index (χ3n) is 3.20. The molecule has 0 aromatic heterocycles. The first kappa shape index (κ1) is 15.7. The van der Waals surface area contributed by atoms with Crippen molar-refractivity contribution in [3.63, 3.8) is 0 Å². The molecule has 19 heavy (non-hydrogen) atoms. The highest BCUT2D eigenvalue weighted by Gasteiger charge is 2.14. The van der Waals surface area contributed by atoms with Crippen molar-refractivity contribution in [1.29, 1.82) is 0 Å². The Kier molecular flexibility index (Phi) is 5.51. The Morgan fingerprint density at radius 2 is 1.79 bits per heavy atom. The van der Waals surface area contributed by atoms with Gasteiger partial charge >= 0.3 is 5.97 Å². The molecule has 2 N–H and O–H groups in total. The second kappa shape index (κ2) is 6.68. The van der Waals surface area contributed by atoms with Gasteiger partial charge in [0.25, 0.3) is 0 Å². The molecule has 1 rings (SSSR count). The van der Waals surface area contributed by atoms with E-state index in [1.807, 2.05) is 11.9 Å². The van der Waals surface area contributed by atoms with E-state index in [9.17, 15) is 9.90 Å². The Hall–Kier alpha value is -1.39. The number of nitrogens with zero attached hydrogens (tertiary/aromatic N) is 1. The number of rotatable bonds is 6. The van der Waals surface area contributed by atoms with Crippen LogP contribution in [0.3, 0.4) is 0 Å². The van der Waals surface area contributed by atoms with Crippen molar-refractivity contribution in [2.75, 3.05) is 13.6 Å². The van der Waals surface area contributed by atoms with Gasteiger partial charge in [0, 0.05) is 13.1 Å². The van der Waals surface area contributed by atoms with E-state index in [0.717, 1.165) is 0 Å². The average molecular weight is 265 g/mol. The summed E-state index contributed by atoms with van der Waals surface area (Å²) in [6.45, 7) is 7.31. The van der Waals surface area contributed by atoms with Crippen molar-refractivity contribution >= 4 is 5.97 Å². The first-order valence-electron chi connectivity index (χ1n) is 6.44. The maximum Gasteiger partial charge on any atom is 0.306 e. The molecule has 0 aliphatic heterocycles. The summed E-state index contributed by atoms with van der Waals surface area (Å²) < 4.78 is 0. The van der Waals surface area contributed by atoms with Crippen molar-refractivity contribution < 1.29 is 15.0 Å². The second-order valence-corrected chi connectivity index (χ2v) is 5.33. The third-order valence-corrected chi connectivity index (χ3v) is 3.20. The molecule has 0 amide bonds. The van der Waals surface area contributed by atoms with Crippen LogP contribution in [0.5, 0.6) is 0 Å². The van der Waals surface area contributed by atoms with Gasteiger partial charge in [-0.25, -0.2) is 0 Å². The number of aryl methyl sites for hydroxylation is 3. The quantitative estimate of drug-likeness (QED) is 0.824. The number of aliphatic hydroxyl groups is 1. The molecule has 1 aromatic rings. The number of benzene rings is 1. The molecule has 1 unspecified atom stereocenters. The number of aliphatic carboxylic acids is 1. The van der Waals surface area contributed by atoms with Gasteiger partial charge in [-0.1, -0.05) is 17.7 Å². The summed E-state index contributed by atoms with van der Waals surface area (Å²) in [7, 11) is 1.89. The van der Waals surface area contributed by atoms with Crippen molar-refractivity contribution in [1.82, 2.24) is 4.90 Å². The summed E-state index contributed by atoms with van der Waals surface area (Å²) in [4.78, 5) is 12.5. The number of likely N-dealkylation sites (N-methyl/N-ethyl adjacent to an activating group) is 1. The van der Waals surface area contributed by atoms with E-state index in [4.69, 9.17) is 5.11 Å². The molecular weight excluding hydrogens is 242 g/mol. The number of aliphatic hydroxyl groups excluding tert-OH is 1. The fourth-order valence-electron chi connectivity index (χ4n) is 2.42. The van der Waals surface area contributed by atoms with Gasteiger partial charge in [0.1, 0.15) is 0 Å². The van der Waals surface area contributed by atoms with Gasteiger partial charge in [0.15, 0.2) is 0 Å². The number of carboxylic acid groups (broad SMARTS) is 1. The monoisotopic (exact) mass is 265 g/mol. The Balaban J connectivity index is 2.67. The molecule has 0 aliphatic rings. The van der Waals surface area contributed by atoms with E-state index >= 15 is 0 Å². The standard InChI is InChI=1S/C15H23NO3/c1-10-5-11(2)14(12(3)6-10)9-16(4)8-13(17)7-15(18)19/h5-6,13,17H,7-9H2,1-4H3,(H,18,19). The van der Waals surface area contributed by atoms with Gasteiger partial charge in [-0.3, -0.25) is 9.69 Å². The summed E-state index contributed by atoms with van der Waals surface area (Å²) in [6.07, 6.45) is -1.04. The fourth-order valence-corrected chi connectivity index (χ4v) is 2.42. The molecule has 0 spiro atoms. The molecule has 0 fully saturated rings. The predicted molar refractivity (Wildman–Crippen MR) is 75.2 cm³/mol. The summed E-state index contributed by atoms with van der Waals surface area (Å²) in [5.74, 6) is -0.969. The van der Waals surface area contributed by atoms with Gasteiger partial charge in [-0.2, -0.15) is 0 Å². The van der Waals surface area contributed by atoms with Crippen LogP contribution >= 0.6 is 0 Å². The number of carboxylic acids is 1. The van der Waals surface area contributed by atoms with E-state index in [1.165, 1.54) is 22.3 Å². The maximum atomic E-state index is 10.5. The number of carbonyl (C=O) groups is 1. The number of hydrogen-bond donors (Lipinski definition) is 2. The molecule has 4 heteroatoms. The highest BCUT2D eigenvalue weighted by Crippen LogP contribution is 2.18. The Bertz CT molecular complexity index is 434. The highest BCUT2D eigenvalue weighted by atomic mass is 16.4. The zero-order chi connectivity index (χ0) is 14.6. The van der Waals surface area contributed by atoms with Crippen molar-refractivity contribution in [2.45, 2.75) is 39.8 Å². The molecule has 106 valence electrons. The normalized spacial score (nSPS) is 12.7. The van der Waals surface area contributed by atoms with Crippen molar-refractivity contribution in [3.8, 4) is 0 Å². The largest absolute Gasteiger partial charge is 0.481 e. The minimum Gasteiger partial charge on any atom is -0.481 e. The van der Waals surface area contributed by atoms with Gasteiger partial charge in [0.05, 0.1) is 12.5 Å². The number of hydrogen-bond acceptors (Lipinski definition) is 3. The van der Waals surface area contributed by atoms with E-state index in [2.05, 4.69) is 32.9 Å². The van der Waals surface area contributed by atoms with Gasteiger partial charge < -0.3 is 10.2 Å². The summed E-state index contributed by atoms with van der Waals surface area (Å²) in [5, 5.41) is 18.3. The van der Waals surface area contributed by atoms with Crippen LogP contribution in [0.25, 0.3) is 0 Å². The van der Waals surface area contributed by atoms with Crippen molar-refractivity contribution in [2.24, 2.45) is 0 Å². The van der Waals surface area contributed by atoms with Crippen LogP contribution in [0.4, 0.5) is 0 Å². The van der Waals surface area contributed by atoms with Crippen molar-refractivity contribution in [3.05, 3.63) is 34.4 Å². The van der Waals surface area contributed by atoms with Crippen LogP contribution in [0.1, 0.15) is 28.7 Å². The van der Waals surface area contributed by atoms with E-state index < -0.39 is 12.1 Å². The summed E-state index contributed by atoms with van der Waals surface area (Å²) >= 11 is 0. The van der Waals surface area contributed by atoms with E-state index in [0.29, 0.717) is 13.1 Å². The second-order valence-electron chi connectivity index (χ2n) is 5.33. The van der Waals surface area contributed by atoms with E-state index in [1.54, 1.807) is 0 Å². The Morgan fingerprint density at radius 1 is 1.26 bits per heavy atom. The highest BCUT2D eigenvalue weighted by molar-refractivity contribution is 5.67. The lowest BCUT2D eigenvalue weighted by molar-refractivity contribution is -0.139. The molecule has 1 atom stereocenters. The lowest BCUT2D eigenvalue weighted by atomic mass is 9.99.